The van der Waals surface area contributed by atoms with E-state index < -0.39 is 18.5 Å². The number of carbonyl (C=O) groups is 1. The molecule has 0 aliphatic heterocycles. The van der Waals surface area contributed by atoms with Crippen LogP contribution in [0.15, 0.2) is 0 Å². The summed E-state index contributed by atoms with van der Waals surface area (Å²) in [6.07, 6.45) is -5.43. The highest BCUT2D eigenvalue weighted by Crippen LogP contribution is 2.19. The van der Waals surface area contributed by atoms with Crippen molar-refractivity contribution in [3.05, 3.63) is 0 Å². The fourth-order valence-corrected chi connectivity index (χ4v) is 1.32. The number of halogens is 4. The van der Waals surface area contributed by atoms with E-state index in [9.17, 15) is 18.0 Å². The summed E-state index contributed by atoms with van der Waals surface area (Å²) in [7, 11) is 0. The average Bonchev–Trinajstić information content (AvgIpc) is 1.77. The number of hydrogen-bond acceptors (Lipinski definition) is 1. The van der Waals surface area contributed by atoms with Crippen molar-refractivity contribution >= 4 is 17.5 Å². The van der Waals surface area contributed by atoms with Gasteiger partial charge in [0.05, 0.1) is 0 Å². The van der Waals surface area contributed by atoms with E-state index in [0.717, 1.165) is 0 Å². The average molecular weight is 232 g/mol. The van der Waals surface area contributed by atoms with Gasteiger partial charge in [0.2, 0.25) is 5.91 Å². The minimum Gasteiger partial charge on any atom is -0.353 e. The topological polar surface area (TPSA) is 29.1 Å². The van der Waals surface area contributed by atoms with Crippen LogP contribution >= 0.6 is 11.6 Å². The first kappa shape index (κ1) is 13.5. The third-order valence-corrected chi connectivity index (χ3v) is 1.62. The first-order valence-electron chi connectivity index (χ1n) is 4.21. The van der Waals surface area contributed by atoms with Crippen molar-refractivity contribution in [1.29, 1.82) is 0 Å². The number of alkyl halides is 4. The van der Waals surface area contributed by atoms with Crippen LogP contribution in [0, 0.1) is 0 Å². The van der Waals surface area contributed by atoms with E-state index in [1.165, 1.54) is 0 Å². The fourth-order valence-electron chi connectivity index (χ4n) is 1.05. The van der Waals surface area contributed by atoms with Crippen molar-refractivity contribution in [2.75, 3.05) is 0 Å². The van der Waals surface area contributed by atoms with Gasteiger partial charge in [-0.1, -0.05) is 0 Å². The lowest BCUT2D eigenvalue weighted by molar-refractivity contribution is -0.154. The third-order valence-electron chi connectivity index (χ3n) is 1.45. The maximum atomic E-state index is 11.7. The van der Waals surface area contributed by atoms with Gasteiger partial charge >= 0.3 is 6.18 Å². The summed E-state index contributed by atoms with van der Waals surface area (Å²) in [6, 6.07) is -0.336. The lowest BCUT2D eigenvalue weighted by Crippen LogP contribution is -2.36. The standard InChI is InChI=1S/C8H13ClF3NO/c1-5(9)3-6(2)13-7(14)4-8(10,11)12/h5-6H,3-4H2,1-2H3,(H,13,14). The second-order valence-corrected chi connectivity index (χ2v) is 4.02. The molecule has 6 heteroatoms. The summed E-state index contributed by atoms with van der Waals surface area (Å²) < 4.78 is 35.2. The smallest absolute Gasteiger partial charge is 0.353 e. The zero-order valence-electron chi connectivity index (χ0n) is 7.99. The van der Waals surface area contributed by atoms with E-state index in [4.69, 9.17) is 11.6 Å². The monoisotopic (exact) mass is 231 g/mol. The highest BCUT2D eigenvalue weighted by Gasteiger charge is 2.31. The zero-order chi connectivity index (χ0) is 11.4. The molecule has 0 aromatic carbocycles. The number of hydrogen-bond donors (Lipinski definition) is 1. The summed E-state index contributed by atoms with van der Waals surface area (Å²) in [5, 5.41) is 2.05. The Morgan fingerprint density at radius 2 is 1.93 bits per heavy atom. The summed E-state index contributed by atoms with van der Waals surface area (Å²) >= 11 is 5.62. The minimum atomic E-state index is -4.45. The molecule has 84 valence electrons. The molecule has 0 fully saturated rings. The van der Waals surface area contributed by atoms with Crippen molar-refractivity contribution in [2.45, 2.75) is 44.3 Å². The number of nitrogens with one attached hydrogen (secondary N) is 1. The third kappa shape index (κ3) is 8.16. The van der Waals surface area contributed by atoms with E-state index in [1.807, 2.05) is 0 Å². The zero-order valence-corrected chi connectivity index (χ0v) is 8.74. The summed E-state index contributed by atoms with van der Waals surface area (Å²) in [5.74, 6) is -1.01. The Kier molecular flexibility index (Phi) is 5.26. The van der Waals surface area contributed by atoms with Gasteiger partial charge in [-0.25, -0.2) is 0 Å². The van der Waals surface area contributed by atoms with Crippen LogP contribution < -0.4 is 5.32 Å². The number of amides is 1. The van der Waals surface area contributed by atoms with Gasteiger partial charge in [0.15, 0.2) is 0 Å². The molecule has 0 rings (SSSR count). The summed E-state index contributed by atoms with van der Waals surface area (Å²) in [4.78, 5) is 10.8. The lowest BCUT2D eigenvalue weighted by Gasteiger charge is -2.15. The first-order valence-corrected chi connectivity index (χ1v) is 4.64. The van der Waals surface area contributed by atoms with Crippen molar-refractivity contribution in [3.8, 4) is 0 Å². The maximum Gasteiger partial charge on any atom is 0.397 e. The van der Waals surface area contributed by atoms with Gasteiger partial charge < -0.3 is 5.32 Å². The molecule has 0 saturated heterocycles. The van der Waals surface area contributed by atoms with E-state index in [-0.39, 0.29) is 11.4 Å². The van der Waals surface area contributed by atoms with Crippen LogP contribution in [-0.4, -0.2) is 23.5 Å². The van der Waals surface area contributed by atoms with Gasteiger partial charge in [0.25, 0.3) is 0 Å². The van der Waals surface area contributed by atoms with Gasteiger partial charge in [-0.2, -0.15) is 13.2 Å². The van der Waals surface area contributed by atoms with Crippen LogP contribution in [0.5, 0.6) is 0 Å². The molecule has 0 radical (unpaired) electrons. The van der Waals surface area contributed by atoms with Crippen LogP contribution in [0.2, 0.25) is 0 Å². The highest BCUT2D eigenvalue weighted by molar-refractivity contribution is 6.20. The molecule has 0 saturated carbocycles. The summed E-state index contributed by atoms with van der Waals surface area (Å²) in [6.45, 7) is 3.33. The SMILES string of the molecule is CC(Cl)CC(C)NC(=O)CC(F)(F)F. The van der Waals surface area contributed by atoms with Crippen molar-refractivity contribution in [3.63, 3.8) is 0 Å². The van der Waals surface area contributed by atoms with E-state index in [0.29, 0.717) is 6.42 Å². The van der Waals surface area contributed by atoms with Gasteiger partial charge in [-0.15, -0.1) is 11.6 Å². The molecule has 0 aliphatic carbocycles. The van der Waals surface area contributed by atoms with Gasteiger partial charge in [0.1, 0.15) is 6.42 Å². The Balaban J connectivity index is 3.83. The van der Waals surface area contributed by atoms with Gasteiger partial charge in [0, 0.05) is 11.4 Å². The van der Waals surface area contributed by atoms with Crippen LogP contribution in [0.4, 0.5) is 13.2 Å². The Labute approximate surface area is 85.8 Å². The number of carbonyl (C=O) groups excluding carboxylic acids is 1. The van der Waals surface area contributed by atoms with Crippen LogP contribution in [0.1, 0.15) is 26.7 Å². The summed E-state index contributed by atoms with van der Waals surface area (Å²) in [5.41, 5.74) is 0. The van der Waals surface area contributed by atoms with E-state index in [1.54, 1.807) is 13.8 Å². The molecule has 0 aromatic rings. The van der Waals surface area contributed by atoms with E-state index >= 15 is 0 Å². The lowest BCUT2D eigenvalue weighted by atomic mass is 10.2. The van der Waals surface area contributed by atoms with Gasteiger partial charge in [-0.05, 0) is 20.3 Å². The molecule has 0 bridgehead atoms. The minimum absolute atomic E-state index is 0.170. The van der Waals surface area contributed by atoms with Crippen LogP contribution in [0.25, 0.3) is 0 Å². The predicted octanol–water partition coefficient (Wildman–Crippen LogP) is 2.46. The Hall–Kier alpha value is -0.450. The van der Waals surface area contributed by atoms with Crippen molar-refractivity contribution < 1.29 is 18.0 Å². The van der Waals surface area contributed by atoms with Crippen molar-refractivity contribution in [2.24, 2.45) is 0 Å². The fraction of sp³-hybridized carbons (Fsp3) is 0.875. The quantitative estimate of drug-likeness (QED) is 0.740. The highest BCUT2D eigenvalue weighted by atomic mass is 35.5. The molecular formula is C8H13ClF3NO. The number of rotatable bonds is 4. The largest absolute Gasteiger partial charge is 0.397 e. The maximum absolute atomic E-state index is 11.7. The molecule has 14 heavy (non-hydrogen) atoms. The van der Waals surface area contributed by atoms with Crippen molar-refractivity contribution in [1.82, 2.24) is 5.32 Å². The predicted molar refractivity (Wildman–Crippen MR) is 48.2 cm³/mol. The normalized spacial score (nSPS) is 16.1. The molecule has 2 atom stereocenters. The molecule has 0 aromatic heterocycles. The van der Waals surface area contributed by atoms with Crippen LogP contribution in [0.3, 0.4) is 0 Å². The molecule has 1 amide bonds. The second kappa shape index (κ2) is 5.44. The molecule has 0 heterocycles. The Bertz CT molecular complexity index is 194. The molecule has 0 aliphatic rings. The molecular weight excluding hydrogens is 219 g/mol. The van der Waals surface area contributed by atoms with Crippen LogP contribution in [-0.2, 0) is 4.79 Å². The molecule has 2 nitrogen and oxygen atoms in total. The molecule has 2 unspecified atom stereocenters. The first-order chi connectivity index (χ1) is 6.20. The molecule has 0 spiro atoms. The molecule has 1 N–H and O–H groups in total. The second-order valence-electron chi connectivity index (χ2n) is 3.28. The van der Waals surface area contributed by atoms with E-state index in [2.05, 4.69) is 5.32 Å². The van der Waals surface area contributed by atoms with Gasteiger partial charge in [-0.3, -0.25) is 4.79 Å². The Morgan fingerprint density at radius 1 is 1.43 bits per heavy atom. The Morgan fingerprint density at radius 3 is 2.29 bits per heavy atom.